The van der Waals surface area contributed by atoms with Crippen molar-refractivity contribution in [2.45, 2.75) is 39.2 Å². The lowest BCUT2D eigenvalue weighted by Crippen LogP contribution is -2.26. The van der Waals surface area contributed by atoms with Crippen LogP contribution in [-0.2, 0) is 4.79 Å². The van der Waals surface area contributed by atoms with Gasteiger partial charge in [0.2, 0.25) is 5.91 Å². The van der Waals surface area contributed by atoms with Crippen molar-refractivity contribution in [2.24, 2.45) is 0 Å². The van der Waals surface area contributed by atoms with Gasteiger partial charge in [-0.2, -0.15) is 0 Å². The topological polar surface area (TPSA) is 68.5 Å². The number of rotatable bonds is 9. The van der Waals surface area contributed by atoms with E-state index in [0.29, 0.717) is 17.9 Å². The van der Waals surface area contributed by atoms with E-state index in [1.807, 2.05) is 44.2 Å². The minimum Gasteiger partial charge on any atom is -0.494 e. The van der Waals surface area contributed by atoms with E-state index in [0.717, 1.165) is 23.1 Å². The molecule has 0 aliphatic heterocycles. The van der Waals surface area contributed by atoms with Gasteiger partial charge in [-0.15, -0.1) is 0 Å². The molecule has 0 aliphatic rings. The molecule has 1 unspecified atom stereocenters. The van der Waals surface area contributed by atoms with E-state index >= 15 is 0 Å². The predicted octanol–water partition coefficient (Wildman–Crippen LogP) is 5.06. The Morgan fingerprint density at radius 3 is 2.54 bits per heavy atom. The second-order valence-corrected chi connectivity index (χ2v) is 6.77. The number of amides is 1. The fourth-order valence-corrected chi connectivity index (χ4v) is 2.93. The summed E-state index contributed by atoms with van der Waals surface area (Å²) >= 11 is 0. The molecule has 0 bridgehead atoms. The third-order valence-corrected chi connectivity index (χ3v) is 4.48. The van der Waals surface area contributed by atoms with Gasteiger partial charge in [-0.05, 0) is 49.7 Å². The molecule has 1 heterocycles. The molecule has 1 aromatic heterocycles. The second kappa shape index (κ2) is 9.22. The summed E-state index contributed by atoms with van der Waals surface area (Å²) in [6.45, 7) is 4.56. The van der Waals surface area contributed by atoms with E-state index < -0.39 is 0 Å². The van der Waals surface area contributed by atoms with Crippen molar-refractivity contribution in [1.29, 1.82) is 0 Å². The van der Waals surface area contributed by atoms with E-state index in [9.17, 15) is 9.59 Å². The molecule has 5 heteroatoms. The van der Waals surface area contributed by atoms with Crippen molar-refractivity contribution in [2.75, 3.05) is 6.61 Å². The molecule has 0 radical (unpaired) electrons. The summed E-state index contributed by atoms with van der Waals surface area (Å²) in [6.07, 6.45) is 1.23. The molecule has 3 aromatic rings. The Morgan fingerprint density at radius 2 is 1.82 bits per heavy atom. The summed E-state index contributed by atoms with van der Waals surface area (Å²) in [5, 5.41) is 3.89. The fraction of sp³-hybridized carbons (Fsp3) is 0.304. The van der Waals surface area contributed by atoms with Crippen molar-refractivity contribution in [3.63, 3.8) is 0 Å². The number of carbonyl (C=O) groups is 2. The lowest BCUT2D eigenvalue weighted by Gasteiger charge is -2.11. The minimum atomic E-state index is -0.259. The predicted molar refractivity (Wildman–Crippen MR) is 109 cm³/mol. The SMILES string of the molecule is CCCOc1ccc(C(=O)CCC(=O)NC(C)c2cc3ccccc3o2)cc1. The highest BCUT2D eigenvalue weighted by Gasteiger charge is 2.15. The third kappa shape index (κ3) is 5.00. The molecule has 146 valence electrons. The van der Waals surface area contributed by atoms with Crippen LogP contribution in [0, 0.1) is 0 Å². The molecule has 5 nitrogen and oxygen atoms in total. The number of furan rings is 1. The molecule has 3 rings (SSSR count). The number of benzene rings is 2. The summed E-state index contributed by atoms with van der Waals surface area (Å²) in [5.74, 6) is 1.21. The van der Waals surface area contributed by atoms with Gasteiger partial charge >= 0.3 is 0 Å². The number of carbonyl (C=O) groups excluding carboxylic acids is 2. The number of hydrogen-bond donors (Lipinski definition) is 1. The minimum absolute atomic E-state index is 0.0615. The standard InChI is InChI=1S/C23H25NO4/c1-3-14-27-19-10-8-17(9-11-19)20(25)12-13-23(26)24-16(2)22-15-18-6-4-5-7-21(18)28-22/h4-11,15-16H,3,12-14H2,1-2H3,(H,24,26). The number of para-hydroxylation sites is 1. The van der Waals surface area contributed by atoms with Gasteiger partial charge in [-0.25, -0.2) is 0 Å². The van der Waals surface area contributed by atoms with Crippen LogP contribution in [0.1, 0.15) is 55.3 Å². The molecule has 0 aliphatic carbocycles. The van der Waals surface area contributed by atoms with E-state index in [-0.39, 0.29) is 30.6 Å². The van der Waals surface area contributed by atoms with Crippen molar-refractivity contribution < 1.29 is 18.7 Å². The van der Waals surface area contributed by atoms with Crippen LogP contribution in [-0.4, -0.2) is 18.3 Å². The second-order valence-electron chi connectivity index (χ2n) is 6.77. The van der Waals surface area contributed by atoms with Gasteiger partial charge in [-0.1, -0.05) is 25.1 Å². The summed E-state index contributed by atoms with van der Waals surface area (Å²) in [6, 6.07) is 16.4. The Bertz CT molecular complexity index is 910. The zero-order valence-electron chi connectivity index (χ0n) is 16.2. The van der Waals surface area contributed by atoms with Crippen LogP contribution >= 0.6 is 0 Å². The number of ether oxygens (including phenoxy) is 1. The maximum Gasteiger partial charge on any atom is 0.221 e. The van der Waals surface area contributed by atoms with Crippen molar-refractivity contribution >= 4 is 22.7 Å². The van der Waals surface area contributed by atoms with Gasteiger partial charge in [0.05, 0.1) is 12.6 Å². The molecule has 1 atom stereocenters. The summed E-state index contributed by atoms with van der Waals surface area (Å²) in [7, 11) is 0. The zero-order valence-corrected chi connectivity index (χ0v) is 16.2. The van der Waals surface area contributed by atoms with Crippen LogP contribution < -0.4 is 10.1 Å². The van der Waals surface area contributed by atoms with Crippen LogP contribution in [0.2, 0.25) is 0 Å². The van der Waals surface area contributed by atoms with Crippen LogP contribution in [0.15, 0.2) is 59.0 Å². The van der Waals surface area contributed by atoms with Crippen molar-refractivity contribution in [1.82, 2.24) is 5.32 Å². The normalized spacial score (nSPS) is 11.9. The van der Waals surface area contributed by atoms with Gasteiger partial charge in [0.1, 0.15) is 17.1 Å². The third-order valence-electron chi connectivity index (χ3n) is 4.48. The van der Waals surface area contributed by atoms with E-state index in [1.54, 1.807) is 24.3 Å². The molecule has 0 saturated heterocycles. The molecule has 1 amide bonds. The van der Waals surface area contributed by atoms with Crippen LogP contribution in [0.5, 0.6) is 5.75 Å². The summed E-state index contributed by atoms with van der Waals surface area (Å²) in [5.41, 5.74) is 1.38. The number of fused-ring (bicyclic) bond motifs is 1. The van der Waals surface area contributed by atoms with Crippen LogP contribution in [0.3, 0.4) is 0 Å². The molecule has 0 saturated carbocycles. The lowest BCUT2D eigenvalue weighted by molar-refractivity contribution is -0.121. The maximum absolute atomic E-state index is 12.3. The first-order valence-electron chi connectivity index (χ1n) is 9.60. The molecule has 0 spiro atoms. The van der Waals surface area contributed by atoms with Gasteiger partial charge in [0.15, 0.2) is 5.78 Å². The first-order valence-corrected chi connectivity index (χ1v) is 9.60. The molecule has 0 fully saturated rings. The average molecular weight is 379 g/mol. The first-order chi connectivity index (χ1) is 13.6. The van der Waals surface area contributed by atoms with Gasteiger partial charge in [0, 0.05) is 23.8 Å². The van der Waals surface area contributed by atoms with E-state index in [4.69, 9.17) is 9.15 Å². The maximum atomic E-state index is 12.3. The molecule has 28 heavy (non-hydrogen) atoms. The number of nitrogens with one attached hydrogen (secondary N) is 1. The van der Waals surface area contributed by atoms with E-state index in [1.165, 1.54) is 0 Å². The fourth-order valence-electron chi connectivity index (χ4n) is 2.93. The number of Topliss-reactive ketones (excluding diaryl/α,β-unsaturated/α-hetero) is 1. The molecule has 2 aromatic carbocycles. The van der Waals surface area contributed by atoms with Crippen molar-refractivity contribution in [3.8, 4) is 5.75 Å². The first kappa shape index (κ1) is 19.7. The average Bonchev–Trinajstić information content (AvgIpc) is 3.15. The number of ketones is 1. The Balaban J connectivity index is 1.49. The largest absolute Gasteiger partial charge is 0.494 e. The molecule has 1 N–H and O–H groups in total. The van der Waals surface area contributed by atoms with Crippen molar-refractivity contribution in [3.05, 3.63) is 65.9 Å². The molecular formula is C23H25NO4. The van der Waals surface area contributed by atoms with Gasteiger partial charge in [-0.3, -0.25) is 9.59 Å². The Hall–Kier alpha value is -3.08. The van der Waals surface area contributed by atoms with E-state index in [2.05, 4.69) is 5.32 Å². The smallest absolute Gasteiger partial charge is 0.221 e. The lowest BCUT2D eigenvalue weighted by atomic mass is 10.1. The highest BCUT2D eigenvalue weighted by Crippen LogP contribution is 2.23. The van der Waals surface area contributed by atoms with Crippen LogP contribution in [0.4, 0.5) is 0 Å². The quantitative estimate of drug-likeness (QED) is 0.528. The van der Waals surface area contributed by atoms with Gasteiger partial charge < -0.3 is 14.5 Å². The highest BCUT2D eigenvalue weighted by atomic mass is 16.5. The monoisotopic (exact) mass is 379 g/mol. The zero-order chi connectivity index (χ0) is 19.9. The summed E-state index contributed by atoms with van der Waals surface area (Å²) < 4.78 is 11.3. The number of hydrogen-bond acceptors (Lipinski definition) is 4. The van der Waals surface area contributed by atoms with Gasteiger partial charge in [0.25, 0.3) is 0 Å². The Kier molecular flexibility index (Phi) is 6.48. The summed E-state index contributed by atoms with van der Waals surface area (Å²) in [4.78, 5) is 24.5. The highest BCUT2D eigenvalue weighted by molar-refractivity contribution is 5.98. The Morgan fingerprint density at radius 1 is 1.07 bits per heavy atom. The van der Waals surface area contributed by atoms with Crippen LogP contribution in [0.25, 0.3) is 11.0 Å². The Labute approximate surface area is 164 Å². The molecular weight excluding hydrogens is 354 g/mol.